The maximum absolute atomic E-state index is 12.1. The summed E-state index contributed by atoms with van der Waals surface area (Å²) in [5.74, 6) is 0.383. The molecule has 4 aromatic rings. The Morgan fingerprint density at radius 1 is 1.16 bits per heavy atom. The average molecular weight is 449 g/mol. The second-order valence-corrected chi connectivity index (χ2v) is 8.60. The van der Waals surface area contributed by atoms with Crippen molar-refractivity contribution < 1.29 is 19.1 Å². The summed E-state index contributed by atoms with van der Waals surface area (Å²) in [5, 5.41) is 0. The lowest BCUT2D eigenvalue weighted by Gasteiger charge is -2.14. The number of esters is 1. The zero-order valence-corrected chi connectivity index (χ0v) is 19.1. The van der Waals surface area contributed by atoms with Gasteiger partial charge in [0, 0.05) is 16.6 Å². The molecule has 2 aromatic carbocycles. The largest absolute Gasteiger partial charge is 0.488 e. The number of thiazole rings is 1. The normalized spacial score (nSPS) is 11.0. The van der Waals surface area contributed by atoms with Crippen LogP contribution in [0.25, 0.3) is 16.2 Å². The molecule has 0 amide bonds. The van der Waals surface area contributed by atoms with Gasteiger partial charge in [0.15, 0.2) is 11.2 Å². The van der Waals surface area contributed by atoms with Crippen LogP contribution >= 0.6 is 11.3 Å². The van der Waals surface area contributed by atoms with E-state index >= 15 is 0 Å². The van der Waals surface area contributed by atoms with Gasteiger partial charge >= 0.3 is 5.97 Å². The minimum Gasteiger partial charge on any atom is -0.488 e. The van der Waals surface area contributed by atoms with Gasteiger partial charge in [0.1, 0.15) is 23.7 Å². The van der Waals surface area contributed by atoms with Crippen LogP contribution in [0.1, 0.15) is 39.0 Å². The zero-order valence-electron chi connectivity index (χ0n) is 18.3. The molecule has 0 aliphatic carbocycles. The van der Waals surface area contributed by atoms with Crippen molar-refractivity contribution in [2.24, 2.45) is 0 Å². The van der Waals surface area contributed by atoms with Crippen LogP contribution in [0.3, 0.4) is 0 Å². The second kappa shape index (κ2) is 9.36. The Kier molecular flexibility index (Phi) is 6.37. The first-order valence-electron chi connectivity index (χ1n) is 10.4. The number of benzene rings is 2. The molecule has 0 saturated carbocycles. The molecule has 6 nitrogen and oxygen atoms in total. The van der Waals surface area contributed by atoms with Gasteiger partial charge in [-0.1, -0.05) is 30.3 Å². The summed E-state index contributed by atoms with van der Waals surface area (Å²) in [4.78, 5) is 30.1. The highest BCUT2D eigenvalue weighted by Gasteiger charge is 2.21. The van der Waals surface area contributed by atoms with Crippen molar-refractivity contribution in [3.63, 3.8) is 0 Å². The van der Waals surface area contributed by atoms with E-state index in [2.05, 4.69) is 0 Å². The minimum absolute atomic E-state index is 0.157. The van der Waals surface area contributed by atoms with Crippen molar-refractivity contribution in [2.45, 2.75) is 33.8 Å². The van der Waals surface area contributed by atoms with E-state index in [1.165, 1.54) is 11.3 Å². The number of carbonyl (C=O) groups is 2. The monoisotopic (exact) mass is 448 g/mol. The molecule has 0 aliphatic heterocycles. The van der Waals surface area contributed by atoms with E-state index in [0.29, 0.717) is 35.3 Å². The highest BCUT2D eigenvalue weighted by Crippen LogP contribution is 2.36. The van der Waals surface area contributed by atoms with Crippen LogP contribution in [-0.2, 0) is 22.6 Å². The molecule has 0 aliphatic rings. The number of aromatic nitrogens is 2. The third-order valence-electron chi connectivity index (χ3n) is 5.23. The van der Waals surface area contributed by atoms with Crippen molar-refractivity contribution in [3.8, 4) is 17.0 Å². The van der Waals surface area contributed by atoms with Gasteiger partial charge < -0.3 is 9.47 Å². The number of aryl methyl sites for hydroxylation is 2. The predicted molar refractivity (Wildman–Crippen MR) is 124 cm³/mol. The lowest BCUT2D eigenvalue weighted by atomic mass is 10.0. The van der Waals surface area contributed by atoms with E-state index in [1.54, 1.807) is 17.5 Å². The van der Waals surface area contributed by atoms with Crippen LogP contribution in [0.4, 0.5) is 0 Å². The van der Waals surface area contributed by atoms with Crippen molar-refractivity contribution in [1.82, 2.24) is 9.38 Å². The van der Waals surface area contributed by atoms with Crippen molar-refractivity contribution in [2.75, 3.05) is 6.61 Å². The number of hydrogen-bond acceptors (Lipinski definition) is 6. The molecule has 2 aromatic heterocycles. The third-order valence-corrected chi connectivity index (χ3v) is 6.22. The first-order valence-corrected chi connectivity index (χ1v) is 11.2. The summed E-state index contributed by atoms with van der Waals surface area (Å²) in [6, 6.07) is 13.9. The van der Waals surface area contributed by atoms with Crippen LogP contribution < -0.4 is 4.74 Å². The van der Waals surface area contributed by atoms with Gasteiger partial charge in [-0.15, -0.1) is 11.3 Å². The van der Waals surface area contributed by atoms with Gasteiger partial charge in [0.2, 0.25) is 0 Å². The summed E-state index contributed by atoms with van der Waals surface area (Å²) >= 11 is 1.37. The Labute approximate surface area is 190 Å². The summed E-state index contributed by atoms with van der Waals surface area (Å²) in [7, 11) is 0. The number of hydrogen-bond donors (Lipinski definition) is 0. The van der Waals surface area contributed by atoms with E-state index < -0.39 is 0 Å². The van der Waals surface area contributed by atoms with Crippen LogP contribution in [0.15, 0.2) is 48.7 Å². The molecule has 2 heterocycles. The first-order chi connectivity index (χ1) is 15.5. The van der Waals surface area contributed by atoms with Crippen molar-refractivity contribution in [1.29, 1.82) is 0 Å². The summed E-state index contributed by atoms with van der Waals surface area (Å²) in [6.07, 6.45) is 2.74. The lowest BCUT2D eigenvalue weighted by Crippen LogP contribution is -2.06. The summed E-state index contributed by atoms with van der Waals surface area (Å²) in [5.41, 5.74) is 5.01. The maximum atomic E-state index is 12.1. The van der Waals surface area contributed by atoms with Crippen LogP contribution in [0.2, 0.25) is 0 Å². The SMILES string of the molecule is CCOC(=O)Cc1cn2c(C=O)c(-c3cc(C)c(C)cc3OCc3ccccc3)nc2s1. The van der Waals surface area contributed by atoms with Gasteiger partial charge in [0.25, 0.3) is 0 Å². The van der Waals surface area contributed by atoms with Gasteiger partial charge in [-0.05, 0) is 49.6 Å². The molecule has 0 unspecified atom stereocenters. The Hall–Kier alpha value is -3.45. The number of carbonyl (C=O) groups excluding carboxylic acids is 2. The quantitative estimate of drug-likeness (QED) is 0.274. The summed E-state index contributed by atoms with van der Waals surface area (Å²) < 4.78 is 12.9. The standard InChI is InChI=1S/C25H24N2O4S/c1-4-30-23(29)12-19-13-27-21(14-28)24(26-25(27)32-19)20-10-16(2)17(3)11-22(20)31-15-18-8-6-5-7-9-18/h5-11,13-14H,4,12,15H2,1-3H3. The smallest absolute Gasteiger partial charge is 0.311 e. The summed E-state index contributed by atoms with van der Waals surface area (Å²) in [6.45, 7) is 6.58. The Bertz CT molecular complexity index is 1270. The minimum atomic E-state index is -0.296. The van der Waals surface area contributed by atoms with E-state index in [-0.39, 0.29) is 12.4 Å². The van der Waals surface area contributed by atoms with Gasteiger partial charge in [0.05, 0.1) is 13.0 Å². The molecule has 0 atom stereocenters. The molecule has 0 saturated heterocycles. The van der Waals surface area contributed by atoms with E-state index in [4.69, 9.17) is 14.5 Å². The van der Waals surface area contributed by atoms with Crippen LogP contribution in [0, 0.1) is 13.8 Å². The zero-order chi connectivity index (χ0) is 22.7. The molecule has 0 spiro atoms. The topological polar surface area (TPSA) is 69.9 Å². The molecular weight excluding hydrogens is 424 g/mol. The Morgan fingerprint density at radius 2 is 1.91 bits per heavy atom. The molecular formula is C25H24N2O4S. The second-order valence-electron chi connectivity index (χ2n) is 7.50. The average Bonchev–Trinajstić information content (AvgIpc) is 3.31. The fourth-order valence-corrected chi connectivity index (χ4v) is 4.45. The Balaban J connectivity index is 1.72. The van der Waals surface area contributed by atoms with Crippen molar-refractivity contribution >= 4 is 28.6 Å². The Morgan fingerprint density at radius 3 is 2.62 bits per heavy atom. The molecule has 0 bridgehead atoms. The number of nitrogens with zero attached hydrogens (tertiary/aromatic N) is 2. The van der Waals surface area contributed by atoms with Gasteiger partial charge in [-0.3, -0.25) is 14.0 Å². The maximum Gasteiger partial charge on any atom is 0.311 e. The van der Waals surface area contributed by atoms with Crippen molar-refractivity contribution in [3.05, 3.63) is 75.9 Å². The number of aldehydes is 1. The lowest BCUT2D eigenvalue weighted by molar-refractivity contribution is -0.142. The number of fused-ring (bicyclic) bond motifs is 1. The predicted octanol–water partition coefficient (Wildman–Crippen LogP) is 5.18. The van der Waals surface area contributed by atoms with Gasteiger partial charge in [-0.25, -0.2) is 4.98 Å². The highest BCUT2D eigenvalue weighted by atomic mass is 32.1. The number of rotatable bonds is 8. The molecule has 0 fully saturated rings. The fraction of sp³-hybridized carbons (Fsp3) is 0.240. The first kappa shape index (κ1) is 21.8. The molecule has 164 valence electrons. The highest BCUT2D eigenvalue weighted by molar-refractivity contribution is 7.17. The number of ether oxygens (including phenoxy) is 2. The van der Waals surface area contributed by atoms with E-state index in [9.17, 15) is 9.59 Å². The fourth-order valence-electron chi connectivity index (χ4n) is 3.48. The van der Waals surface area contributed by atoms with E-state index in [1.807, 2.05) is 56.3 Å². The molecule has 4 rings (SSSR count). The van der Waals surface area contributed by atoms with E-state index in [0.717, 1.165) is 33.4 Å². The molecule has 32 heavy (non-hydrogen) atoms. The third kappa shape index (κ3) is 4.43. The van der Waals surface area contributed by atoms with Gasteiger partial charge in [-0.2, -0.15) is 0 Å². The molecule has 0 radical (unpaired) electrons. The van der Waals surface area contributed by atoms with Crippen LogP contribution in [0.5, 0.6) is 5.75 Å². The van der Waals surface area contributed by atoms with Crippen LogP contribution in [-0.4, -0.2) is 28.2 Å². The molecule has 7 heteroatoms. The molecule has 0 N–H and O–H groups in total. The number of imidazole rings is 1.